The van der Waals surface area contributed by atoms with Crippen LogP contribution < -0.4 is 5.32 Å². The molecule has 1 aliphatic rings. The molecule has 150 valence electrons. The number of unbranched alkanes of at least 4 members (excludes halogenated alkanes) is 1. The van der Waals surface area contributed by atoms with Crippen LogP contribution in [0.5, 0.6) is 0 Å². The van der Waals surface area contributed by atoms with Crippen LogP contribution in [0.25, 0.3) is 0 Å². The van der Waals surface area contributed by atoms with Crippen molar-refractivity contribution in [3.8, 4) is 0 Å². The van der Waals surface area contributed by atoms with Gasteiger partial charge in [0.15, 0.2) is 0 Å². The van der Waals surface area contributed by atoms with E-state index in [0.717, 1.165) is 0 Å². The van der Waals surface area contributed by atoms with Gasteiger partial charge in [-0.25, -0.2) is 8.42 Å². The summed E-state index contributed by atoms with van der Waals surface area (Å²) in [5.41, 5.74) is 0.253. The highest BCUT2D eigenvalue weighted by atomic mass is 32.2. The van der Waals surface area contributed by atoms with E-state index < -0.39 is 16.0 Å². The van der Waals surface area contributed by atoms with Gasteiger partial charge >= 0.3 is 5.97 Å². The Labute approximate surface area is 159 Å². The van der Waals surface area contributed by atoms with Gasteiger partial charge in [-0.1, -0.05) is 6.07 Å². The van der Waals surface area contributed by atoms with Crippen molar-refractivity contribution in [2.75, 3.05) is 19.6 Å². The molecule has 1 heterocycles. The lowest BCUT2D eigenvalue weighted by molar-refractivity contribution is -0.137. The zero-order chi connectivity index (χ0) is 20.0. The molecule has 1 amide bonds. The van der Waals surface area contributed by atoms with Gasteiger partial charge in [-0.2, -0.15) is 4.31 Å². The summed E-state index contributed by atoms with van der Waals surface area (Å²) in [5.74, 6) is -1.25. The Morgan fingerprint density at radius 1 is 1.22 bits per heavy atom. The van der Waals surface area contributed by atoms with Gasteiger partial charge in [-0.05, 0) is 44.9 Å². The predicted molar refractivity (Wildman–Crippen MR) is 99.0 cm³/mol. The van der Waals surface area contributed by atoms with Crippen molar-refractivity contribution >= 4 is 21.9 Å². The van der Waals surface area contributed by atoms with Crippen molar-refractivity contribution in [1.29, 1.82) is 0 Å². The van der Waals surface area contributed by atoms with Gasteiger partial charge in [0.2, 0.25) is 10.0 Å². The largest absolute Gasteiger partial charge is 0.481 e. The minimum atomic E-state index is -3.71. The Kier molecular flexibility index (Phi) is 7.34. The van der Waals surface area contributed by atoms with Crippen molar-refractivity contribution in [2.45, 2.75) is 50.2 Å². The number of amides is 1. The lowest BCUT2D eigenvalue weighted by Crippen LogP contribution is -2.48. The number of aliphatic carboxylic acids is 1. The molecule has 2 N–H and O–H groups in total. The molecule has 1 fully saturated rings. The average molecular weight is 398 g/mol. The molecule has 1 saturated heterocycles. The van der Waals surface area contributed by atoms with E-state index in [4.69, 9.17) is 9.84 Å². The number of morpholine rings is 1. The number of carboxylic acids is 1. The molecule has 2 atom stereocenters. The summed E-state index contributed by atoms with van der Waals surface area (Å²) < 4.78 is 32.8. The lowest BCUT2D eigenvalue weighted by Gasteiger charge is -2.34. The predicted octanol–water partition coefficient (Wildman–Crippen LogP) is 1.47. The van der Waals surface area contributed by atoms with E-state index in [-0.39, 0.29) is 48.1 Å². The van der Waals surface area contributed by atoms with Crippen LogP contribution in [-0.4, -0.2) is 61.5 Å². The number of nitrogens with one attached hydrogen (secondary N) is 1. The number of hydrogen-bond donors (Lipinski definition) is 2. The van der Waals surface area contributed by atoms with Crippen molar-refractivity contribution in [3.63, 3.8) is 0 Å². The SMILES string of the molecule is CC1CN(S(=O)(=O)c2cccc(C(=O)NCCCCC(=O)O)c2)CC(C)O1. The molecule has 0 radical (unpaired) electrons. The van der Waals surface area contributed by atoms with Gasteiger partial charge in [0.1, 0.15) is 0 Å². The fraction of sp³-hybridized carbons (Fsp3) is 0.556. The van der Waals surface area contributed by atoms with Crippen LogP contribution in [0.2, 0.25) is 0 Å². The molecule has 1 aliphatic heterocycles. The Balaban J connectivity index is 2.03. The summed E-state index contributed by atoms with van der Waals surface area (Å²) in [6, 6.07) is 5.94. The summed E-state index contributed by atoms with van der Waals surface area (Å²) in [6.45, 7) is 4.53. The van der Waals surface area contributed by atoms with Crippen molar-refractivity contribution in [2.24, 2.45) is 0 Å². The van der Waals surface area contributed by atoms with Gasteiger partial charge < -0.3 is 15.2 Å². The number of carboxylic acid groups (broad SMARTS) is 1. The number of carbonyl (C=O) groups is 2. The molecule has 9 heteroatoms. The molecule has 2 rings (SSSR count). The zero-order valence-corrected chi connectivity index (χ0v) is 16.4. The quantitative estimate of drug-likeness (QED) is 0.641. The van der Waals surface area contributed by atoms with E-state index >= 15 is 0 Å². The number of benzene rings is 1. The topological polar surface area (TPSA) is 113 Å². The number of rotatable bonds is 8. The molecule has 0 bridgehead atoms. The van der Waals surface area contributed by atoms with E-state index in [1.807, 2.05) is 13.8 Å². The van der Waals surface area contributed by atoms with Crippen LogP contribution in [0.1, 0.15) is 43.5 Å². The lowest BCUT2D eigenvalue weighted by atomic mass is 10.2. The van der Waals surface area contributed by atoms with Crippen LogP contribution in [0.15, 0.2) is 29.2 Å². The normalized spacial score (nSPS) is 21.0. The minimum Gasteiger partial charge on any atom is -0.481 e. The molecule has 8 nitrogen and oxygen atoms in total. The molecule has 0 aliphatic carbocycles. The van der Waals surface area contributed by atoms with E-state index in [1.54, 1.807) is 12.1 Å². The first-order valence-corrected chi connectivity index (χ1v) is 10.4. The number of sulfonamides is 1. The highest BCUT2D eigenvalue weighted by Gasteiger charge is 2.32. The summed E-state index contributed by atoms with van der Waals surface area (Å²) >= 11 is 0. The van der Waals surface area contributed by atoms with E-state index in [2.05, 4.69) is 5.32 Å². The monoisotopic (exact) mass is 398 g/mol. The number of carbonyl (C=O) groups excluding carboxylic acids is 1. The van der Waals surface area contributed by atoms with Crippen molar-refractivity contribution in [1.82, 2.24) is 9.62 Å². The third-order valence-corrected chi connectivity index (χ3v) is 6.05. The van der Waals surface area contributed by atoms with E-state index in [0.29, 0.717) is 19.4 Å². The Morgan fingerprint density at radius 3 is 2.52 bits per heavy atom. The van der Waals surface area contributed by atoms with Gasteiger partial charge in [-0.15, -0.1) is 0 Å². The molecule has 0 saturated carbocycles. The molecular weight excluding hydrogens is 372 g/mol. The van der Waals surface area contributed by atoms with Crippen LogP contribution >= 0.6 is 0 Å². The molecule has 1 aromatic carbocycles. The Hall–Kier alpha value is -1.97. The second-order valence-electron chi connectivity index (χ2n) is 6.71. The van der Waals surface area contributed by atoms with Gasteiger partial charge in [0.25, 0.3) is 5.91 Å². The fourth-order valence-corrected chi connectivity index (χ4v) is 4.62. The van der Waals surface area contributed by atoms with Gasteiger partial charge in [0.05, 0.1) is 17.1 Å². The fourth-order valence-electron chi connectivity index (χ4n) is 2.98. The molecule has 2 unspecified atom stereocenters. The molecular formula is C18H26N2O6S. The maximum absolute atomic E-state index is 12.9. The second-order valence-corrected chi connectivity index (χ2v) is 8.65. The molecule has 0 spiro atoms. The highest BCUT2D eigenvalue weighted by Crippen LogP contribution is 2.22. The summed E-state index contributed by atoms with van der Waals surface area (Å²) in [7, 11) is -3.71. The molecule has 0 aromatic heterocycles. The summed E-state index contributed by atoms with van der Waals surface area (Å²) in [6.07, 6.45) is 0.679. The molecule has 1 aromatic rings. The van der Waals surface area contributed by atoms with Crippen LogP contribution in [-0.2, 0) is 19.6 Å². The zero-order valence-electron chi connectivity index (χ0n) is 15.6. The maximum Gasteiger partial charge on any atom is 0.303 e. The summed E-state index contributed by atoms with van der Waals surface area (Å²) in [4.78, 5) is 22.8. The van der Waals surface area contributed by atoms with E-state index in [1.165, 1.54) is 16.4 Å². The number of ether oxygens (including phenoxy) is 1. The number of nitrogens with zero attached hydrogens (tertiary/aromatic N) is 1. The summed E-state index contributed by atoms with van der Waals surface area (Å²) in [5, 5.41) is 11.3. The maximum atomic E-state index is 12.9. The average Bonchev–Trinajstić information content (AvgIpc) is 2.60. The Bertz CT molecular complexity index is 770. The van der Waals surface area contributed by atoms with Crippen LogP contribution in [0.3, 0.4) is 0 Å². The first kappa shape index (κ1) is 21.3. The first-order chi connectivity index (χ1) is 12.7. The highest BCUT2D eigenvalue weighted by molar-refractivity contribution is 7.89. The van der Waals surface area contributed by atoms with Crippen molar-refractivity contribution in [3.05, 3.63) is 29.8 Å². The third-order valence-electron chi connectivity index (χ3n) is 4.22. The Morgan fingerprint density at radius 2 is 1.89 bits per heavy atom. The molecule has 27 heavy (non-hydrogen) atoms. The van der Waals surface area contributed by atoms with Crippen LogP contribution in [0, 0.1) is 0 Å². The minimum absolute atomic E-state index is 0.0555. The third kappa shape index (κ3) is 6.02. The standard InChI is InChI=1S/C18H26N2O6S/c1-13-11-20(12-14(2)26-13)27(24,25)16-7-5-6-15(10-16)18(23)19-9-4-3-8-17(21)22/h5-7,10,13-14H,3-4,8-9,11-12H2,1-2H3,(H,19,23)(H,21,22). The van der Waals surface area contributed by atoms with Gasteiger partial charge in [-0.3, -0.25) is 9.59 Å². The number of hydrogen-bond acceptors (Lipinski definition) is 5. The first-order valence-electron chi connectivity index (χ1n) is 8.96. The van der Waals surface area contributed by atoms with E-state index in [9.17, 15) is 18.0 Å². The smallest absolute Gasteiger partial charge is 0.303 e. The van der Waals surface area contributed by atoms with Crippen LogP contribution in [0.4, 0.5) is 0 Å². The second kappa shape index (κ2) is 9.29. The van der Waals surface area contributed by atoms with Gasteiger partial charge in [0, 0.05) is 31.6 Å². The van der Waals surface area contributed by atoms with Crippen molar-refractivity contribution < 1.29 is 27.9 Å².